The minimum atomic E-state index is -4.64. The van der Waals surface area contributed by atoms with Crippen molar-refractivity contribution in [1.29, 1.82) is 0 Å². The molecule has 16 heavy (non-hydrogen) atoms. The van der Waals surface area contributed by atoms with Gasteiger partial charge in [-0.25, -0.2) is 4.79 Å². The molecule has 0 aliphatic rings. The van der Waals surface area contributed by atoms with Crippen molar-refractivity contribution in [2.24, 2.45) is 7.05 Å². The van der Waals surface area contributed by atoms with Crippen LogP contribution in [0.5, 0.6) is 0 Å². The van der Waals surface area contributed by atoms with Gasteiger partial charge in [0.1, 0.15) is 5.69 Å². The fourth-order valence-electron chi connectivity index (χ4n) is 0.771. The summed E-state index contributed by atoms with van der Waals surface area (Å²) in [6.07, 6.45) is -4.29. The monoisotopic (exact) mass is 238 g/mol. The van der Waals surface area contributed by atoms with Crippen LogP contribution in [-0.4, -0.2) is 27.8 Å². The number of aldehydes is 1. The van der Waals surface area contributed by atoms with E-state index in [2.05, 4.69) is 4.98 Å². The maximum absolute atomic E-state index is 10.7. The Morgan fingerprint density at radius 1 is 1.50 bits per heavy atom. The fourth-order valence-corrected chi connectivity index (χ4v) is 0.771. The zero-order valence-electron chi connectivity index (χ0n) is 8.46. The van der Waals surface area contributed by atoms with Crippen molar-refractivity contribution in [3.8, 4) is 0 Å². The Morgan fingerprint density at radius 3 is 2.06 bits per heavy atom. The Balaban J connectivity index is 0.000000325. The number of nitrogens with one attached hydrogen (secondary N) is 1. The molecular formula is C8H9F3N2O3. The van der Waals surface area contributed by atoms with Crippen LogP contribution in [0.4, 0.5) is 13.2 Å². The van der Waals surface area contributed by atoms with E-state index in [1.807, 2.05) is 0 Å². The molecule has 0 aliphatic heterocycles. The van der Waals surface area contributed by atoms with Gasteiger partial charge in [-0.15, -0.1) is 0 Å². The van der Waals surface area contributed by atoms with E-state index in [0.717, 1.165) is 0 Å². The number of imidazole rings is 1. The first-order chi connectivity index (χ1) is 7.19. The lowest BCUT2D eigenvalue weighted by molar-refractivity contribution is -0.156. The Kier molecular flexibility index (Phi) is 4.67. The van der Waals surface area contributed by atoms with Gasteiger partial charge >= 0.3 is 11.9 Å². The first-order valence-electron chi connectivity index (χ1n) is 3.97. The number of hydrogen-bond acceptors (Lipinski definition) is 3. The number of alkyl halides is 3. The van der Waals surface area contributed by atoms with Crippen molar-refractivity contribution in [3.63, 3.8) is 0 Å². The molecule has 0 aliphatic carbocycles. The molecule has 1 N–H and O–H groups in total. The molecule has 0 amide bonds. The Morgan fingerprint density at radius 2 is 1.94 bits per heavy atom. The van der Waals surface area contributed by atoms with E-state index in [1.165, 1.54) is 17.7 Å². The molecule has 1 heterocycles. The number of aromatic amines is 1. The van der Waals surface area contributed by atoms with Crippen LogP contribution in [0.25, 0.3) is 0 Å². The summed E-state index contributed by atoms with van der Waals surface area (Å²) in [6.45, 7) is 1.42. The van der Waals surface area contributed by atoms with Gasteiger partial charge in [-0.3, -0.25) is 14.2 Å². The zero-order chi connectivity index (χ0) is 12.9. The summed E-state index contributed by atoms with van der Waals surface area (Å²) in [5.41, 5.74) is 0.148. The Labute approximate surface area is 87.9 Å². The molecule has 0 bridgehead atoms. The van der Waals surface area contributed by atoms with Gasteiger partial charge in [0.25, 0.3) is 0 Å². The van der Waals surface area contributed by atoms with Crippen molar-refractivity contribution in [2.75, 3.05) is 0 Å². The maximum atomic E-state index is 10.7. The molecule has 0 saturated heterocycles. The summed E-state index contributed by atoms with van der Waals surface area (Å²) in [5.74, 6) is -0.110. The van der Waals surface area contributed by atoms with Gasteiger partial charge in [0.2, 0.25) is 6.29 Å². The first-order valence-corrected chi connectivity index (χ1v) is 3.97. The van der Waals surface area contributed by atoms with E-state index in [1.54, 1.807) is 7.05 Å². The van der Waals surface area contributed by atoms with Crippen LogP contribution < -0.4 is 5.69 Å². The van der Waals surface area contributed by atoms with Crippen molar-refractivity contribution in [2.45, 2.75) is 13.1 Å². The fraction of sp³-hybridized carbons (Fsp3) is 0.375. The number of ketones is 1. The number of nitrogens with zero attached hydrogens (tertiary/aromatic N) is 1. The third-order valence-electron chi connectivity index (χ3n) is 1.49. The standard InChI is InChI=1S/C6H8N2O2.C2HF3O/c1-4(9)5-3-7-6(10)8(5)2;3-2(4,5)1-6/h3H,1-2H3,(H,7,10);1H. The molecule has 8 heteroatoms. The highest BCUT2D eigenvalue weighted by molar-refractivity contribution is 5.92. The topological polar surface area (TPSA) is 71.9 Å². The molecule has 1 rings (SSSR count). The number of halogens is 3. The van der Waals surface area contributed by atoms with Crippen molar-refractivity contribution < 1.29 is 22.8 Å². The second-order valence-electron chi connectivity index (χ2n) is 2.75. The van der Waals surface area contributed by atoms with Crippen LogP contribution in [-0.2, 0) is 11.8 Å². The summed E-state index contributed by atoms with van der Waals surface area (Å²) in [5, 5.41) is 0. The first kappa shape index (κ1) is 14.1. The van der Waals surface area contributed by atoms with Crippen LogP contribution in [0.2, 0.25) is 0 Å². The summed E-state index contributed by atoms with van der Waals surface area (Å²) < 4.78 is 32.5. The second kappa shape index (κ2) is 5.29. The summed E-state index contributed by atoms with van der Waals surface area (Å²) >= 11 is 0. The predicted octanol–water partition coefficient (Wildman–Crippen LogP) is 0.664. The largest absolute Gasteiger partial charge is 0.446 e. The molecule has 0 aromatic carbocycles. The number of carbonyl (C=O) groups excluding carboxylic acids is 2. The van der Waals surface area contributed by atoms with Gasteiger partial charge in [0.05, 0.1) is 0 Å². The van der Waals surface area contributed by atoms with E-state index in [9.17, 15) is 22.8 Å². The highest BCUT2D eigenvalue weighted by Crippen LogP contribution is 2.08. The second-order valence-corrected chi connectivity index (χ2v) is 2.75. The highest BCUT2D eigenvalue weighted by Gasteiger charge is 2.24. The molecule has 1 aromatic rings. The third kappa shape index (κ3) is 4.58. The van der Waals surface area contributed by atoms with E-state index in [0.29, 0.717) is 5.69 Å². The lowest BCUT2D eigenvalue weighted by atomic mass is 10.3. The third-order valence-corrected chi connectivity index (χ3v) is 1.49. The molecule has 90 valence electrons. The quantitative estimate of drug-likeness (QED) is 0.577. The lowest BCUT2D eigenvalue weighted by Gasteiger charge is -1.91. The molecule has 0 fully saturated rings. The van der Waals surface area contributed by atoms with Crippen LogP contribution in [0.15, 0.2) is 11.0 Å². The molecule has 0 saturated carbocycles. The van der Waals surface area contributed by atoms with Crippen molar-refractivity contribution >= 4 is 12.1 Å². The van der Waals surface area contributed by atoms with E-state index < -0.39 is 12.5 Å². The number of H-pyrrole nitrogens is 1. The van der Waals surface area contributed by atoms with Gasteiger partial charge in [0.15, 0.2) is 5.78 Å². The van der Waals surface area contributed by atoms with E-state index in [-0.39, 0.29) is 11.5 Å². The summed E-state index contributed by atoms with van der Waals surface area (Å²) in [7, 11) is 1.55. The predicted molar refractivity (Wildman–Crippen MR) is 48.2 cm³/mol. The SMILES string of the molecule is CC(=O)c1c[nH]c(=O)n1C.O=CC(F)(F)F. The van der Waals surface area contributed by atoms with Gasteiger partial charge in [-0.2, -0.15) is 13.2 Å². The molecule has 1 aromatic heterocycles. The molecule has 0 unspecified atom stereocenters. The lowest BCUT2D eigenvalue weighted by Crippen LogP contribution is -2.15. The maximum Gasteiger partial charge on any atom is 0.446 e. The van der Waals surface area contributed by atoms with Crippen LogP contribution in [0, 0.1) is 0 Å². The van der Waals surface area contributed by atoms with Gasteiger partial charge in [-0.05, 0) is 0 Å². The number of aromatic nitrogens is 2. The number of Topliss-reactive ketones (excluding diaryl/α,β-unsaturated/α-hetero) is 1. The summed E-state index contributed by atoms with van der Waals surface area (Å²) in [6, 6.07) is 0. The molecule has 0 spiro atoms. The molecule has 5 nitrogen and oxygen atoms in total. The normalized spacial score (nSPS) is 10.3. The minimum absolute atomic E-state index is 0.110. The van der Waals surface area contributed by atoms with Crippen molar-refractivity contribution in [1.82, 2.24) is 9.55 Å². The van der Waals surface area contributed by atoms with Crippen LogP contribution in [0.1, 0.15) is 17.4 Å². The molecular weight excluding hydrogens is 229 g/mol. The Bertz CT molecular complexity index is 430. The number of carbonyl (C=O) groups is 2. The smallest absolute Gasteiger partial charge is 0.312 e. The van der Waals surface area contributed by atoms with E-state index >= 15 is 0 Å². The minimum Gasteiger partial charge on any atom is -0.312 e. The average Bonchev–Trinajstić information content (AvgIpc) is 2.47. The van der Waals surface area contributed by atoms with E-state index in [4.69, 9.17) is 4.79 Å². The zero-order valence-corrected chi connectivity index (χ0v) is 8.46. The van der Waals surface area contributed by atoms with Crippen LogP contribution >= 0.6 is 0 Å². The van der Waals surface area contributed by atoms with Crippen molar-refractivity contribution in [3.05, 3.63) is 22.4 Å². The average molecular weight is 238 g/mol. The number of hydrogen-bond donors (Lipinski definition) is 1. The number of rotatable bonds is 1. The van der Waals surface area contributed by atoms with Gasteiger partial charge in [-0.1, -0.05) is 0 Å². The van der Waals surface area contributed by atoms with Gasteiger partial charge < -0.3 is 4.98 Å². The van der Waals surface area contributed by atoms with Gasteiger partial charge in [0, 0.05) is 20.2 Å². The van der Waals surface area contributed by atoms with Crippen LogP contribution in [0.3, 0.4) is 0 Å². The highest BCUT2D eigenvalue weighted by atomic mass is 19.4. The molecule has 0 radical (unpaired) electrons. The summed E-state index contributed by atoms with van der Waals surface area (Å²) in [4.78, 5) is 32.5. The molecule has 0 atom stereocenters. The Hall–Kier alpha value is -1.86.